The van der Waals surface area contributed by atoms with Gasteiger partial charge >= 0.3 is 0 Å². The van der Waals surface area contributed by atoms with Crippen LogP contribution in [0.1, 0.15) is 13.8 Å². The Balaban J connectivity index is 2.47. The Labute approximate surface area is 140 Å². The Kier molecular flexibility index (Phi) is 4.34. The third-order valence-corrected chi connectivity index (χ3v) is 4.60. The van der Waals surface area contributed by atoms with Crippen molar-refractivity contribution in [1.82, 2.24) is 0 Å². The minimum atomic E-state index is -4.75. The Morgan fingerprint density at radius 3 is 2.12 bits per heavy atom. The van der Waals surface area contributed by atoms with Crippen molar-refractivity contribution in [3.8, 4) is 11.5 Å². The minimum absolute atomic E-state index is 0.0266. The molecule has 0 saturated carbocycles. The maximum absolute atomic E-state index is 11.8. The van der Waals surface area contributed by atoms with E-state index in [1.807, 2.05) is 36.4 Å². The van der Waals surface area contributed by atoms with Crippen molar-refractivity contribution in [2.24, 2.45) is 0 Å². The van der Waals surface area contributed by atoms with E-state index < -0.39 is 15.0 Å². The summed E-state index contributed by atoms with van der Waals surface area (Å²) in [4.78, 5) is -0.436. The molecule has 6 heteroatoms. The second-order valence-corrected chi connectivity index (χ2v) is 6.59. The summed E-state index contributed by atoms with van der Waals surface area (Å²) in [6.45, 7) is 3.95. The number of benzene rings is 3. The lowest BCUT2D eigenvalue weighted by molar-refractivity contribution is 0.306. The van der Waals surface area contributed by atoms with Crippen LogP contribution in [-0.2, 0) is 10.1 Å². The Morgan fingerprint density at radius 1 is 0.917 bits per heavy atom. The topological polar surface area (TPSA) is 75.7 Å². The summed E-state index contributed by atoms with van der Waals surface area (Å²) >= 11 is 0. The van der Waals surface area contributed by atoms with Crippen molar-refractivity contribution in [3.05, 3.63) is 42.5 Å². The average Bonchev–Trinajstić information content (AvgIpc) is 2.52. The number of rotatable bonds is 5. The maximum Gasteiger partial charge on any atom is 0.148 e. The highest BCUT2D eigenvalue weighted by atomic mass is 32.2. The summed E-state index contributed by atoms with van der Waals surface area (Å²) in [6, 6.07) is 13.1. The number of ether oxygens (including phenoxy) is 2. The van der Waals surface area contributed by atoms with E-state index in [2.05, 4.69) is 0 Å². The molecule has 0 heterocycles. The van der Waals surface area contributed by atoms with Gasteiger partial charge in [-0.05, 0) is 48.2 Å². The second-order valence-electron chi connectivity index (χ2n) is 5.27. The van der Waals surface area contributed by atoms with E-state index in [-0.39, 0.29) is 24.7 Å². The molecule has 0 aliphatic rings. The molecule has 0 aliphatic heterocycles. The first kappa shape index (κ1) is 16.5. The van der Waals surface area contributed by atoms with Gasteiger partial charge in [0.15, 0.2) is 0 Å². The van der Waals surface area contributed by atoms with Gasteiger partial charge in [0, 0.05) is 5.39 Å². The highest BCUT2D eigenvalue weighted by Gasteiger charge is 2.21. The van der Waals surface area contributed by atoms with Crippen LogP contribution in [0.4, 0.5) is 0 Å². The lowest BCUT2D eigenvalue weighted by Gasteiger charge is -2.20. The molecule has 0 aliphatic carbocycles. The molecule has 3 rings (SSSR count). The molecule has 0 radical (unpaired) electrons. The molecule has 3 aromatic carbocycles. The van der Waals surface area contributed by atoms with Crippen LogP contribution in [-0.4, -0.2) is 26.2 Å². The first-order valence-electron chi connectivity index (χ1n) is 7.66. The number of hydrogen-bond donors (Lipinski definition) is 0. The highest BCUT2D eigenvalue weighted by Crippen LogP contribution is 2.41. The molecule has 0 atom stereocenters. The van der Waals surface area contributed by atoms with Crippen molar-refractivity contribution in [1.29, 1.82) is 0 Å². The SMILES string of the molecule is CCOc1cc2cc3ccccc3cc2c(OCC)c1S(=O)(=O)[O-]. The number of hydrogen-bond acceptors (Lipinski definition) is 5. The predicted octanol–water partition coefficient (Wildman–Crippen LogP) is 3.69. The smallest absolute Gasteiger partial charge is 0.148 e. The summed E-state index contributed by atoms with van der Waals surface area (Å²) in [5, 5.41) is 3.28. The summed E-state index contributed by atoms with van der Waals surface area (Å²) in [7, 11) is -4.75. The van der Waals surface area contributed by atoms with Gasteiger partial charge < -0.3 is 14.0 Å². The van der Waals surface area contributed by atoms with Crippen LogP contribution in [0.3, 0.4) is 0 Å². The van der Waals surface area contributed by atoms with E-state index in [0.717, 1.165) is 16.2 Å². The van der Waals surface area contributed by atoms with Crippen LogP contribution < -0.4 is 9.47 Å². The van der Waals surface area contributed by atoms with Gasteiger partial charge in [0.05, 0.1) is 13.2 Å². The largest absolute Gasteiger partial charge is 0.744 e. The van der Waals surface area contributed by atoms with Gasteiger partial charge in [-0.25, -0.2) is 8.42 Å². The van der Waals surface area contributed by atoms with Crippen LogP contribution in [0.15, 0.2) is 47.4 Å². The first-order chi connectivity index (χ1) is 11.5. The van der Waals surface area contributed by atoms with Gasteiger partial charge in [-0.3, -0.25) is 0 Å². The maximum atomic E-state index is 11.8. The fraction of sp³-hybridized carbons (Fsp3) is 0.222. The predicted molar refractivity (Wildman–Crippen MR) is 91.8 cm³/mol. The Hall–Kier alpha value is -2.31. The summed E-state index contributed by atoms with van der Waals surface area (Å²) in [6.07, 6.45) is 0. The van der Waals surface area contributed by atoms with Gasteiger partial charge in [0.2, 0.25) is 0 Å². The lowest BCUT2D eigenvalue weighted by Crippen LogP contribution is -2.08. The van der Waals surface area contributed by atoms with Gasteiger partial charge in [-0.15, -0.1) is 0 Å². The molecular weight excluding hydrogens is 328 g/mol. The van der Waals surface area contributed by atoms with Crippen LogP contribution in [0, 0.1) is 0 Å². The van der Waals surface area contributed by atoms with E-state index in [0.29, 0.717) is 5.39 Å². The van der Waals surface area contributed by atoms with Crippen molar-refractivity contribution >= 4 is 31.7 Å². The molecule has 0 spiro atoms. The zero-order valence-corrected chi connectivity index (χ0v) is 14.2. The van der Waals surface area contributed by atoms with Crippen LogP contribution in [0.2, 0.25) is 0 Å². The normalized spacial score (nSPS) is 11.8. The molecule has 3 aromatic rings. The van der Waals surface area contributed by atoms with E-state index in [4.69, 9.17) is 9.47 Å². The average molecular weight is 345 g/mol. The highest BCUT2D eigenvalue weighted by molar-refractivity contribution is 7.86. The van der Waals surface area contributed by atoms with Crippen LogP contribution in [0.5, 0.6) is 11.5 Å². The van der Waals surface area contributed by atoms with Gasteiger partial charge in [-0.1, -0.05) is 24.3 Å². The molecular formula is C18H17O5S-. The zero-order valence-electron chi connectivity index (χ0n) is 13.4. The molecule has 126 valence electrons. The quantitative estimate of drug-likeness (QED) is 0.521. The van der Waals surface area contributed by atoms with Crippen molar-refractivity contribution in [2.75, 3.05) is 13.2 Å². The molecule has 0 N–H and O–H groups in total. The third-order valence-electron chi connectivity index (χ3n) is 3.72. The van der Waals surface area contributed by atoms with Crippen LogP contribution >= 0.6 is 0 Å². The van der Waals surface area contributed by atoms with Crippen molar-refractivity contribution in [3.63, 3.8) is 0 Å². The summed E-state index contributed by atoms with van der Waals surface area (Å²) in [5.41, 5.74) is 0. The standard InChI is InChI=1S/C18H18O5S/c1-3-22-16-11-14-9-12-7-5-6-8-13(12)10-15(14)17(23-4-2)18(16)24(19,20)21/h5-11H,3-4H2,1-2H3,(H,19,20,21)/p-1. The van der Waals surface area contributed by atoms with E-state index in [1.54, 1.807) is 19.9 Å². The second kappa shape index (κ2) is 6.30. The summed E-state index contributed by atoms with van der Waals surface area (Å²) < 4.78 is 46.4. The minimum Gasteiger partial charge on any atom is -0.744 e. The molecule has 0 amide bonds. The van der Waals surface area contributed by atoms with E-state index in [1.165, 1.54) is 0 Å². The van der Waals surface area contributed by atoms with E-state index >= 15 is 0 Å². The fourth-order valence-corrected chi connectivity index (χ4v) is 3.56. The summed E-state index contributed by atoms with van der Waals surface area (Å²) in [5.74, 6) is 0.0814. The molecule has 24 heavy (non-hydrogen) atoms. The molecule has 5 nitrogen and oxygen atoms in total. The van der Waals surface area contributed by atoms with Crippen molar-refractivity contribution in [2.45, 2.75) is 18.7 Å². The molecule has 0 fully saturated rings. The molecule has 0 unspecified atom stereocenters. The molecule has 0 bridgehead atoms. The molecule has 0 aromatic heterocycles. The first-order valence-corrected chi connectivity index (χ1v) is 9.07. The third kappa shape index (κ3) is 2.90. The Bertz CT molecular complexity index is 1010. The van der Waals surface area contributed by atoms with Crippen LogP contribution in [0.25, 0.3) is 21.5 Å². The van der Waals surface area contributed by atoms with Gasteiger partial charge in [-0.2, -0.15) is 0 Å². The zero-order chi connectivity index (χ0) is 17.3. The Morgan fingerprint density at radius 2 is 1.54 bits per heavy atom. The van der Waals surface area contributed by atoms with Gasteiger partial charge in [0.25, 0.3) is 0 Å². The van der Waals surface area contributed by atoms with Crippen molar-refractivity contribution < 1.29 is 22.4 Å². The fourth-order valence-electron chi connectivity index (χ4n) is 2.80. The van der Waals surface area contributed by atoms with Gasteiger partial charge in [0.1, 0.15) is 26.5 Å². The monoisotopic (exact) mass is 345 g/mol. The van der Waals surface area contributed by atoms with E-state index in [9.17, 15) is 13.0 Å². The lowest BCUT2D eigenvalue weighted by atomic mass is 10.0. The number of fused-ring (bicyclic) bond motifs is 2. The molecule has 0 saturated heterocycles.